The van der Waals surface area contributed by atoms with Gasteiger partial charge in [-0.2, -0.15) is 0 Å². The van der Waals surface area contributed by atoms with Crippen LogP contribution < -0.4 is 9.47 Å². The van der Waals surface area contributed by atoms with Crippen molar-refractivity contribution < 1.29 is 36.9 Å². The number of carboxylic acid groups (broad SMARTS) is 1. The van der Waals surface area contributed by atoms with Gasteiger partial charge >= 0.3 is 12.3 Å². The maximum atomic E-state index is 13.6. The number of hydrogen-bond acceptors (Lipinski definition) is 5. The Kier molecular flexibility index (Phi) is 5.16. The van der Waals surface area contributed by atoms with E-state index in [4.69, 9.17) is 9.84 Å². The Labute approximate surface area is 154 Å². The summed E-state index contributed by atoms with van der Waals surface area (Å²) in [5.41, 5.74) is -0.0437. The maximum absolute atomic E-state index is 13.6. The van der Waals surface area contributed by atoms with Crippen molar-refractivity contribution in [3.8, 4) is 17.2 Å². The molecular formula is C17H11F4N3O4. The lowest BCUT2D eigenvalue weighted by Crippen LogP contribution is -2.17. The third-order valence-electron chi connectivity index (χ3n) is 3.41. The van der Waals surface area contributed by atoms with Crippen molar-refractivity contribution in [1.82, 2.24) is 14.8 Å². The van der Waals surface area contributed by atoms with Gasteiger partial charge in [0.25, 0.3) is 0 Å². The molecule has 0 radical (unpaired) electrons. The molecule has 0 aliphatic carbocycles. The van der Waals surface area contributed by atoms with Crippen LogP contribution in [0.4, 0.5) is 17.6 Å². The predicted octanol–water partition coefficient (Wildman–Crippen LogP) is 3.58. The summed E-state index contributed by atoms with van der Waals surface area (Å²) in [4.78, 5) is 14.8. The lowest BCUT2D eigenvalue weighted by Gasteiger charge is -2.09. The summed E-state index contributed by atoms with van der Waals surface area (Å²) < 4.78 is 60.5. The molecule has 0 amide bonds. The Morgan fingerprint density at radius 3 is 2.39 bits per heavy atom. The first-order chi connectivity index (χ1) is 13.2. The Morgan fingerprint density at radius 2 is 1.79 bits per heavy atom. The molecule has 0 saturated carbocycles. The number of carbonyl (C=O) groups is 1. The van der Waals surface area contributed by atoms with Crippen molar-refractivity contribution >= 4 is 5.97 Å². The van der Waals surface area contributed by atoms with Gasteiger partial charge in [-0.05, 0) is 36.4 Å². The van der Waals surface area contributed by atoms with E-state index in [0.717, 1.165) is 24.3 Å². The number of aromatic carboxylic acids is 1. The van der Waals surface area contributed by atoms with Crippen molar-refractivity contribution in [1.29, 1.82) is 0 Å². The molecule has 7 nitrogen and oxygen atoms in total. The van der Waals surface area contributed by atoms with Crippen LogP contribution in [0, 0.1) is 5.82 Å². The predicted molar refractivity (Wildman–Crippen MR) is 85.7 cm³/mol. The highest BCUT2D eigenvalue weighted by atomic mass is 19.4. The van der Waals surface area contributed by atoms with Gasteiger partial charge in [-0.1, -0.05) is 0 Å². The Balaban J connectivity index is 1.64. The van der Waals surface area contributed by atoms with E-state index in [1.165, 1.54) is 29.2 Å². The molecule has 0 aliphatic heterocycles. The first-order valence-electron chi connectivity index (χ1n) is 7.63. The summed E-state index contributed by atoms with van der Waals surface area (Å²) in [6.45, 7) is -0.131. The quantitative estimate of drug-likeness (QED) is 0.640. The van der Waals surface area contributed by atoms with Crippen LogP contribution in [0.25, 0.3) is 5.69 Å². The largest absolute Gasteiger partial charge is 0.573 e. The number of rotatable bonds is 6. The van der Waals surface area contributed by atoms with Crippen molar-refractivity contribution in [2.45, 2.75) is 13.0 Å². The second kappa shape index (κ2) is 7.55. The fraction of sp³-hybridized carbons (Fsp3) is 0.118. The van der Waals surface area contributed by atoms with E-state index in [-0.39, 0.29) is 23.9 Å². The van der Waals surface area contributed by atoms with Crippen LogP contribution in [0.2, 0.25) is 0 Å². The maximum Gasteiger partial charge on any atom is 0.573 e. The molecule has 1 aromatic heterocycles. The van der Waals surface area contributed by atoms with E-state index in [0.29, 0.717) is 5.69 Å². The van der Waals surface area contributed by atoms with Gasteiger partial charge in [-0.25, -0.2) is 18.9 Å². The highest BCUT2D eigenvalue weighted by molar-refractivity contribution is 5.88. The molecule has 146 valence electrons. The normalized spacial score (nSPS) is 11.3. The number of ether oxygens (including phenoxy) is 2. The van der Waals surface area contributed by atoms with E-state index < -0.39 is 23.7 Å². The lowest BCUT2D eigenvalue weighted by molar-refractivity contribution is -0.274. The molecular weight excluding hydrogens is 386 g/mol. The zero-order chi connectivity index (χ0) is 20.3. The van der Waals surface area contributed by atoms with Crippen LogP contribution >= 0.6 is 0 Å². The minimum absolute atomic E-state index is 0.0903. The molecule has 0 unspecified atom stereocenters. The molecule has 0 saturated heterocycles. The zero-order valence-corrected chi connectivity index (χ0v) is 13.9. The fourth-order valence-electron chi connectivity index (χ4n) is 2.20. The van der Waals surface area contributed by atoms with Gasteiger partial charge in [-0.15, -0.1) is 18.3 Å². The summed E-state index contributed by atoms with van der Waals surface area (Å²) in [6.07, 6.45) is -3.45. The number of benzene rings is 2. The molecule has 11 heteroatoms. The van der Waals surface area contributed by atoms with Crippen LogP contribution in [-0.4, -0.2) is 32.2 Å². The Morgan fingerprint density at radius 1 is 1.11 bits per heavy atom. The van der Waals surface area contributed by atoms with E-state index in [1.54, 1.807) is 0 Å². The standard InChI is InChI=1S/C17H11F4N3O4/c18-14-7-12(5-6-13(14)16(25)26)27-8-15-22-9-24(23-15)10-1-3-11(4-2-10)28-17(19,20)21/h1-7,9H,8H2,(H,25,26). The van der Waals surface area contributed by atoms with Crippen LogP contribution in [0.5, 0.6) is 11.5 Å². The minimum Gasteiger partial charge on any atom is -0.485 e. The monoisotopic (exact) mass is 397 g/mol. The number of halogens is 4. The van der Waals surface area contributed by atoms with Gasteiger partial charge in [0.05, 0.1) is 11.3 Å². The SMILES string of the molecule is O=C(O)c1ccc(OCc2ncn(-c3ccc(OC(F)(F)F)cc3)n2)cc1F. The van der Waals surface area contributed by atoms with E-state index in [1.807, 2.05) is 0 Å². The van der Waals surface area contributed by atoms with Crippen molar-refractivity contribution in [3.63, 3.8) is 0 Å². The van der Waals surface area contributed by atoms with Gasteiger partial charge < -0.3 is 14.6 Å². The Bertz CT molecular complexity index is 987. The van der Waals surface area contributed by atoms with Crippen LogP contribution in [0.1, 0.15) is 16.2 Å². The van der Waals surface area contributed by atoms with Crippen LogP contribution in [-0.2, 0) is 6.61 Å². The summed E-state index contributed by atoms with van der Waals surface area (Å²) in [5.74, 6) is -2.39. The number of alkyl halides is 3. The average molecular weight is 397 g/mol. The minimum atomic E-state index is -4.78. The fourth-order valence-corrected chi connectivity index (χ4v) is 2.20. The molecule has 0 aliphatic rings. The van der Waals surface area contributed by atoms with Gasteiger partial charge in [0, 0.05) is 6.07 Å². The third kappa shape index (κ3) is 4.75. The molecule has 28 heavy (non-hydrogen) atoms. The first-order valence-corrected chi connectivity index (χ1v) is 7.63. The molecule has 1 N–H and O–H groups in total. The van der Waals surface area contributed by atoms with Gasteiger partial charge in [0.15, 0.2) is 5.82 Å². The van der Waals surface area contributed by atoms with E-state index in [2.05, 4.69) is 14.8 Å². The van der Waals surface area contributed by atoms with Gasteiger partial charge in [-0.3, -0.25) is 0 Å². The first kappa shape index (κ1) is 19.1. The van der Waals surface area contributed by atoms with Crippen molar-refractivity contribution in [2.24, 2.45) is 0 Å². The van der Waals surface area contributed by atoms with Crippen molar-refractivity contribution in [3.05, 3.63) is 66.0 Å². The van der Waals surface area contributed by atoms with E-state index in [9.17, 15) is 22.4 Å². The average Bonchev–Trinajstić information content (AvgIpc) is 3.08. The molecule has 3 rings (SSSR count). The topological polar surface area (TPSA) is 86.5 Å². The summed E-state index contributed by atoms with van der Waals surface area (Å²) >= 11 is 0. The third-order valence-corrected chi connectivity index (χ3v) is 3.41. The number of hydrogen-bond donors (Lipinski definition) is 1. The lowest BCUT2D eigenvalue weighted by atomic mass is 10.2. The summed E-state index contributed by atoms with van der Waals surface area (Å²) in [7, 11) is 0. The van der Waals surface area contributed by atoms with Gasteiger partial charge in [0.1, 0.15) is 30.3 Å². The molecule has 0 atom stereocenters. The molecule has 3 aromatic rings. The molecule has 2 aromatic carbocycles. The second-order valence-corrected chi connectivity index (χ2v) is 5.38. The molecule has 1 heterocycles. The Hall–Kier alpha value is -3.63. The zero-order valence-electron chi connectivity index (χ0n) is 13.9. The van der Waals surface area contributed by atoms with Crippen LogP contribution in [0.3, 0.4) is 0 Å². The number of nitrogens with zero attached hydrogens (tertiary/aromatic N) is 3. The molecule has 0 bridgehead atoms. The number of carboxylic acids is 1. The summed E-state index contributed by atoms with van der Waals surface area (Å²) in [5, 5.41) is 12.9. The summed E-state index contributed by atoms with van der Waals surface area (Å²) in [6, 6.07) is 8.29. The van der Waals surface area contributed by atoms with Crippen LogP contribution in [0.15, 0.2) is 48.8 Å². The highest BCUT2D eigenvalue weighted by Gasteiger charge is 2.31. The van der Waals surface area contributed by atoms with Crippen molar-refractivity contribution in [2.75, 3.05) is 0 Å². The molecule has 0 fully saturated rings. The smallest absolute Gasteiger partial charge is 0.485 e. The number of aromatic nitrogens is 3. The van der Waals surface area contributed by atoms with E-state index >= 15 is 0 Å². The second-order valence-electron chi connectivity index (χ2n) is 5.38. The molecule has 0 spiro atoms. The van der Waals surface area contributed by atoms with Gasteiger partial charge in [0.2, 0.25) is 0 Å². The highest BCUT2D eigenvalue weighted by Crippen LogP contribution is 2.23.